The van der Waals surface area contributed by atoms with Crippen molar-refractivity contribution in [1.82, 2.24) is 0 Å². The predicted molar refractivity (Wildman–Crippen MR) is 37.2 cm³/mol. The molecule has 0 aromatic heterocycles. The summed E-state index contributed by atoms with van der Waals surface area (Å²) in [6.45, 7) is 0. The van der Waals surface area contributed by atoms with Crippen molar-refractivity contribution in [2.45, 2.75) is 6.42 Å². The van der Waals surface area contributed by atoms with Crippen LogP contribution in [0.15, 0.2) is 0 Å². The van der Waals surface area contributed by atoms with E-state index < -0.39 is 11.7 Å². The Hall–Kier alpha value is -0.510. The average molecular weight is 147 g/mol. The van der Waals surface area contributed by atoms with Gasteiger partial charge in [0.2, 0.25) is 5.78 Å². The lowest BCUT2D eigenvalue weighted by Crippen LogP contribution is -2.23. The number of rotatable bonds is 4. The molecule has 0 heterocycles. The maximum atomic E-state index is 10.4. The van der Waals surface area contributed by atoms with E-state index in [4.69, 9.17) is 0 Å². The number of Topliss-reactive ketones (excluding diaryl/α,β-unsaturated/α-hetero) is 1. The van der Waals surface area contributed by atoms with E-state index >= 15 is 0 Å². The smallest absolute Gasteiger partial charge is 0.284 e. The number of ketones is 1. The molecule has 0 saturated heterocycles. The number of carbonyl (C=O) groups excluding carboxylic acids is 2. The second-order valence-corrected chi connectivity index (χ2v) is 2.52. The van der Waals surface area contributed by atoms with Crippen molar-refractivity contribution in [1.29, 1.82) is 0 Å². The van der Waals surface area contributed by atoms with Crippen LogP contribution < -0.4 is 5.73 Å². The van der Waals surface area contributed by atoms with Crippen LogP contribution in [0.25, 0.3) is 0 Å². The molecular formula is C5H9NO2S. The fourth-order valence-electron chi connectivity index (χ4n) is 0.318. The van der Waals surface area contributed by atoms with Gasteiger partial charge < -0.3 is 5.73 Å². The largest absolute Gasteiger partial charge is 0.363 e. The summed E-state index contributed by atoms with van der Waals surface area (Å²) in [6.07, 6.45) is 2.13. The van der Waals surface area contributed by atoms with Crippen LogP contribution in [-0.4, -0.2) is 23.7 Å². The Bertz CT molecular complexity index is 124. The van der Waals surface area contributed by atoms with Gasteiger partial charge in [-0.25, -0.2) is 0 Å². The predicted octanol–water partition coefficient (Wildman–Crippen LogP) is -0.206. The van der Waals surface area contributed by atoms with Gasteiger partial charge in [-0.05, 0) is 6.26 Å². The van der Waals surface area contributed by atoms with Crippen LogP contribution in [-0.2, 0) is 9.59 Å². The third-order valence-electron chi connectivity index (χ3n) is 0.808. The van der Waals surface area contributed by atoms with Gasteiger partial charge in [0.05, 0.1) is 0 Å². The zero-order chi connectivity index (χ0) is 7.28. The average Bonchev–Trinajstić information content (AvgIpc) is 1.82. The van der Waals surface area contributed by atoms with E-state index in [9.17, 15) is 9.59 Å². The number of thioether (sulfide) groups is 1. The first-order valence-corrected chi connectivity index (χ1v) is 3.89. The third kappa shape index (κ3) is 4.02. The Morgan fingerprint density at radius 2 is 2.11 bits per heavy atom. The SMILES string of the molecule is CSCCC(=O)C(N)=O. The lowest BCUT2D eigenvalue weighted by atomic mass is 10.3. The van der Waals surface area contributed by atoms with Crippen molar-refractivity contribution in [3.63, 3.8) is 0 Å². The molecular weight excluding hydrogens is 138 g/mol. The molecule has 4 heteroatoms. The van der Waals surface area contributed by atoms with Gasteiger partial charge in [0, 0.05) is 12.2 Å². The zero-order valence-electron chi connectivity index (χ0n) is 5.22. The van der Waals surface area contributed by atoms with Gasteiger partial charge >= 0.3 is 0 Å². The van der Waals surface area contributed by atoms with Crippen LogP contribution >= 0.6 is 11.8 Å². The number of nitrogens with two attached hydrogens (primary N) is 1. The Kier molecular flexibility index (Phi) is 4.13. The van der Waals surface area contributed by atoms with E-state index in [0.717, 1.165) is 0 Å². The quantitative estimate of drug-likeness (QED) is 0.560. The normalized spacial score (nSPS) is 9.00. The first kappa shape index (κ1) is 8.49. The van der Waals surface area contributed by atoms with Crippen molar-refractivity contribution in [2.75, 3.05) is 12.0 Å². The van der Waals surface area contributed by atoms with Crippen LogP contribution in [0, 0.1) is 0 Å². The summed E-state index contributed by atoms with van der Waals surface area (Å²) >= 11 is 1.52. The summed E-state index contributed by atoms with van der Waals surface area (Å²) in [5.41, 5.74) is 4.68. The summed E-state index contributed by atoms with van der Waals surface area (Å²) in [6, 6.07) is 0. The molecule has 0 atom stereocenters. The van der Waals surface area contributed by atoms with E-state index in [1.807, 2.05) is 6.26 Å². The van der Waals surface area contributed by atoms with Crippen LogP contribution in [0.2, 0.25) is 0 Å². The number of primary amides is 1. The lowest BCUT2D eigenvalue weighted by molar-refractivity contribution is -0.135. The standard InChI is InChI=1S/C5H9NO2S/c1-9-3-2-4(7)5(6)8/h2-3H2,1H3,(H2,6,8). The molecule has 0 aromatic rings. The molecule has 3 nitrogen and oxygen atoms in total. The highest BCUT2D eigenvalue weighted by molar-refractivity contribution is 7.98. The molecule has 0 radical (unpaired) electrons. The number of hydrogen-bond acceptors (Lipinski definition) is 3. The summed E-state index contributed by atoms with van der Waals surface area (Å²) in [5.74, 6) is -0.643. The number of hydrogen-bond donors (Lipinski definition) is 1. The third-order valence-corrected chi connectivity index (χ3v) is 1.42. The molecule has 0 aromatic carbocycles. The Labute approximate surface area is 58.0 Å². The molecule has 52 valence electrons. The first-order chi connectivity index (χ1) is 4.18. The Morgan fingerprint density at radius 3 is 2.44 bits per heavy atom. The van der Waals surface area contributed by atoms with Crippen molar-refractivity contribution in [2.24, 2.45) is 5.73 Å². The number of amides is 1. The van der Waals surface area contributed by atoms with Gasteiger partial charge in [0.25, 0.3) is 5.91 Å². The summed E-state index contributed by atoms with van der Waals surface area (Å²) < 4.78 is 0. The van der Waals surface area contributed by atoms with Crippen molar-refractivity contribution < 1.29 is 9.59 Å². The molecule has 0 aliphatic rings. The van der Waals surface area contributed by atoms with Gasteiger partial charge in [-0.15, -0.1) is 0 Å². The molecule has 0 saturated carbocycles. The van der Waals surface area contributed by atoms with Crippen molar-refractivity contribution in [3.8, 4) is 0 Å². The highest BCUT2D eigenvalue weighted by Crippen LogP contribution is 1.95. The molecule has 0 aliphatic heterocycles. The van der Waals surface area contributed by atoms with E-state index in [1.54, 1.807) is 0 Å². The molecule has 0 aliphatic carbocycles. The first-order valence-electron chi connectivity index (χ1n) is 2.50. The van der Waals surface area contributed by atoms with Gasteiger partial charge in [-0.2, -0.15) is 11.8 Å². The van der Waals surface area contributed by atoms with E-state index in [1.165, 1.54) is 11.8 Å². The maximum absolute atomic E-state index is 10.4. The van der Waals surface area contributed by atoms with Crippen molar-refractivity contribution in [3.05, 3.63) is 0 Å². The fraction of sp³-hybridized carbons (Fsp3) is 0.600. The summed E-state index contributed by atoms with van der Waals surface area (Å²) in [7, 11) is 0. The Morgan fingerprint density at radius 1 is 1.56 bits per heavy atom. The molecule has 2 N–H and O–H groups in total. The molecule has 0 bridgehead atoms. The molecule has 1 amide bonds. The van der Waals surface area contributed by atoms with Crippen LogP contribution in [0.5, 0.6) is 0 Å². The fourth-order valence-corrected chi connectivity index (χ4v) is 0.707. The van der Waals surface area contributed by atoms with E-state index in [-0.39, 0.29) is 6.42 Å². The summed E-state index contributed by atoms with van der Waals surface area (Å²) in [5, 5.41) is 0. The van der Waals surface area contributed by atoms with E-state index in [0.29, 0.717) is 5.75 Å². The minimum atomic E-state index is -0.830. The molecule has 0 spiro atoms. The number of carbonyl (C=O) groups is 2. The minimum absolute atomic E-state index is 0.260. The van der Waals surface area contributed by atoms with Gasteiger partial charge in [0.1, 0.15) is 0 Å². The summed E-state index contributed by atoms with van der Waals surface area (Å²) in [4.78, 5) is 20.5. The monoisotopic (exact) mass is 147 g/mol. The highest BCUT2D eigenvalue weighted by Gasteiger charge is 2.06. The van der Waals surface area contributed by atoms with Crippen LogP contribution in [0.1, 0.15) is 6.42 Å². The maximum Gasteiger partial charge on any atom is 0.284 e. The van der Waals surface area contributed by atoms with Gasteiger partial charge in [-0.3, -0.25) is 9.59 Å². The van der Waals surface area contributed by atoms with E-state index in [2.05, 4.69) is 5.73 Å². The molecule has 0 unspecified atom stereocenters. The minimum Gasteiger partial charge on any atom is -0.363 e. The molecule has 9 heavy (non-hydrogen) atoms. The van der Waals surface area contributed by atoms with Gasteiger partial charge in [-0.1, -0.05) is 0 Å². The lowest BCUT2D eigenvalue weighted by Gasteiger charge is -1.90. The zero-order valence-corrected chi connectivity index (χ0v) is 6.03. The second kappa shape index (κ2) is 4.38. The molecule has 0 rings (SSSR count). The van der Waals surface area contributed by atoms with Gasteiger partial charge in [0.15, 0.2) is 0 Å². The molecule has 0 fully saturated rings. The van der Waals surface area contributed by atoms with Crippen LogP contribution in [0.4, 0.5) is 0 Å². The topological polar surface area (TPSA) is 60.2 Å². The Balaban J connectivity index is 3.39. The van der Waals surface area contributed by atoms with Crippen molar-refractivity contribution >= 4 is 23.5 Å². The van der Waals surface area contributed by atoms with Crippen LogP contribution in [0.3, 0.4) is 0 Å². The second-order valence-electron chi connectivity index (χ2n) is 1.53. The highest BCUT2D eigenvalue weighted by atomic mass is 32.2.